The van der Waals surface area contributed by atoms with Crippen molar-refractivity contribution in [3.63, 3.8) is 0 Å². The lowest BCUT2D eigenvalue weighted by Gasteiger charge is -2.13. The summed E-state index contributed by atoms with van der Waals surface area (Å²) in [7, 11) is 1.60. The molecule has 0 radical (unpaired) electrons. The molecule has 1 heterocycles. The maximum atomic E-state index is 13.1. The molecule has 5 nitrogen and oxygen atoms in total. The number of nitrogens with one attached hydrogen (secondary N) is 2. The molecule has 2 rings (SSSR count). The molecule has 10 heteroatoms. The van der Waals surface area contributed by atoms with E-state index < -0.39 is 12.8 Å². The van der Waals surface area contributed by atoms with Crippen molar-refractivity contribution in [3.05, 3.63) is 59.5 Å². The molecule has 0 unspecified atom stereocenters. The molecule has 2 N–H and O–H groups in total. The van der Waals surface area contributed by atoms with Crippen molar-refractivity contribution in [1.82, 2.24) is 15.6 Å². The third kappa shape index (κ3) is 9.20. The summed E-state index contributed by atoms with van der Waals surface area (Å²) in [6.45, 7) is -0.524. The van der Waals surface area contributed by atoms with Crippen LogP contribution in [-0.4, -0.2) is 37.3 Å². The van der Waals surface area contributed by atoms with Crippen LogP contribution in [0.2, 0.25) is 0 Å². The van der Waals surface area contributed by atoms with Gasteiger partial charge < -0.3 is 15.4 Å². The van der Waals surface area contributed by atoms with Crippen LogP contribution >= 0.6 is 24.0 Å². The maximum absolute atomic E-state index is 13.1. The number of rotatable bonds is 7. The number of alkyl halides is 3. The minimum Gasteiger partial charge on any atom is -0.468 e. The van der Waals surface area contributed by atoms with Gasteiger partial charge in [-0.15, -0.1) is 24.0 Å². The molecule has 0 aliphatic rings. The van der Waals surface area contributed by atoms with E-state index in [4.69, 9.17) is 0 Å². The Morgan fingerprint density at radius 2 is 1.93 bits per heavy atom. The second-order valence-electron chi connectivity index (χ2n) is 5.64. The molecule has 1 aromatic heterocycles. The van der Waals surface area contributed by atoms with Gasteiger partial charge in [-0.2, -0.15) is 13.2 Å². The molecule has 154 valence electrons. The van der Waals surface area contributed by atoms with E-state index in [1.54, 1.807) is 19.2 Å². The Labute approximate surface area is 177 Å². The van der Waals surface area contributed by atoms with E-state index in [9.17, 15) is 17.6 Å². The van der Waals surface area contributed by atoms with Crippen molar-refractivity contribution in [2.24, 2.45) is 4.99 Å². The lowest BCUT2D eigenvalue weighted by Crippen LogP contribution is -2.37. The fraction of sp³-hybridized carbons (Fsp3) is 0.333. The molecule has 0 bridgehead atoms. The highest BCUT2D eigenvalue weighted by Gasteiger charge is 2.28. The number of ether oxygens (including phenoxy) is 1. The van der Waals surface area contributed by atoms with Crippen LogP contribution in [0.4, 0.5) is 17.6 Å². The van der Waals surface area contributed by atoms with Gasteiger partial charge in [0.15, 0.2) is 12.6 Å². The number of aromatic nitrogens is 1. The first-order valence-electron chi connectivity index (χ1n) is 8.19. The summed E-state index contributed by atoms with van der Waals surface area (Å²) < 4.78 is 54.4. The number of hydrogen-bond donors (Lipinski definition) is 2. The predicted molar refractivity (Wildman–Crippen MR) is 110 cm³/mol. The van der Waals surface area contributed by atoms with Crippen molar-refractivity contribution in [1.29, 1.82) is 0 Å². The number of pyridine rings is 1. The number of aliphatic imine (C=N–C) groups is 1. The molecule has 0 fully saturated rings. The van der Waals surface area contributed by atoms with Crippen molar-refractivity contribution in [2.45, 2.75) is 19.1 Å². The van der Waals surface area contributed by atoms with Crippen LogP contribution in [0.25, 0.3) is 0 Å². The highest BCUT2D eigenvalue weighted by atomic mass is 127. The molecule has 0 atom stereocenters. The van der Waals surface area contributed by atoms with Gasteiger partial charge in [-0.1, -0.05) is 12.1 Å². The normalized spacial score (nSPS) is 11.5. The van der Waals surface area contributed by atoms with Gasteiger partial charge in [-0.05, 0) is 35.7 Å². The molecule has 28 heavy (non-hydrogen) atoms. The van der Waals surface area contributed by atoms with Crippen LogP contribution < -0.4 is 15.4 Å². The van der Waals surface area contributed by atoms with Crippen molar-refractivity contribution < 1.29 is 22.3 Å². The molecular weight excluding hydrogens is 491 g/mol. The fourth-order valence-electron chi connectivity index (χ4n) is 2.22. The van der Waals surface area contributed by atoms with Gasteiger partial charge >= 0.3 is 6.18 Å². The Morgan fingerprint density at radius 3 is 2.61 bits per heavy atom. The van der Waals surface area contributed by atoms with Crippen molar-refractivity contribution in [2.75, 3.05) is 20.2 Å². The molecule has 2 aromatic rings. The molecule has 0 saturated carbocycles. The molecule has 0 spiro atoms. The van der Waals surface area contributed by atoms with Crippen LogP contribution in [-0.2, 0) is 13.0 Å². The minimum absolute atomic E-state index is 0. The van der Waals surface area contributed by atoms with E-state index in [1.807, 2.05) is 6.07 Å². The van der Waals surface area contributed by atoms with Crippen LogP contribution in [0.1, 0.15) is 11.1 Å². The first-order valence-corrected chi connectivity index (χ1v) is 8.19. The smallest absolute Gasteiger partial charge is 0.422 e. The van der Waals surface area contributed by atoms with E-state index in [0.29, 0.717) is 31.0 Å². The average Bonchev–Trinajstić information content (AvgIpc) is 2.63. The first kappa shape index (κ1) is 23.9. The van der Waals surface area contributed by atoms with Crippen LogP contribution in [0, 0.1) is 5.82 Å². The number of nitrogens with zero attached hydrogens (tertiary/aromatic N) is 2. The monoisotopic (exact) mass is 512 g/mol. The zero-order valence-electron chi connectivity index (χ0n) is 15.1. The standard InChI is InChI=1S/C18H20F4N4O.HI/c1-23-17(25-8-5-13-3-2-4-15(19)9-13)26-11-14-6-7-24-16(10-14)27-12-18(20,21)22;/h2-4,6-7,9-10H,5,8,11-12H2,1H3,(H2,23,25,26);1H. The summed E-state index contributed by atoms with van der Waals surface area (Å²) in [4.78, 5) is 7.82. The first-order chi connectivity index (χ1) is 12.9. The summed E-state index contributed by atoms with van der Waals surface area (Å²) in [5.74, 6) is 0.137. The number of halogens is 5. The van der Waals surface area contributed by atoms with Crippen molar-refractivity contribution in [3.8, 4) is 5.88 Å². The third-order valence-corrected chi connectivity index (χ3v) is 3.46. The summed E-state index contributed by atoms with van der Waals surface area (Å²) >= 11 is 0. The summed E-state index contributed by atoms with van der Waals surface area (Å²) in [5, 5.41) is 6.13. The molecule has 0 saturated heterocycles. The van der Waals surface area contributed by atoms with Gasteiger partial charge in [0.2, 0.25) is 5.88 Å². The van der Waals surface area contributed by atoms with Crippen LogP contribution in [0.5, 0.6) is 5.88 Å². The van der Waals surface area contributed by atoms with Gasteiger partial charge in [0.1, 0.15) is 5.82 Å². The second kappa shape index (κ2) is 11.7. The van der Waals surface area contributed by atoms with Crippen LogP contribution in [0.15, 0.2) is 47.6 Å². The number of hydrogen-bond acceptors (Lipinski definition) is 3. The van der Waals surface area contributed by atoms with E-state index in [2.05, 4.69) is 25.3 Å². The second-order valence-corrected chi connectivity index (χ2v) is 5.64. The largest absolute Gasteiger partial charge is 0.468 e. The molecular formula is C18H21F4IN4O. The Bertz CT molecular complexity index is 771. The van der Waals surface area contributed by atoms with Crippen molar-refractivity contribution >= 4 is 29.9 Å². The Morgan fingerprint density at radius 1 is 1.14 bits per heavy atom. The summed E-state index contributed by atoms with van der Waals surface area (Å²) in [6.07, 6.45) is -2.42. The molecule has 0 amide bonds. The quantitative estimate of drug-likeness (QED) is 0.257. The van der Waals surface area contributed by atoms with Gasteiger partial charge in [-0.25, -0.2) is 9.37 Å². The Balaban J connectivity index is 0.00000392. The third-order valence-electron chi connectivity index (χ3n) is 3.46. The SMILES string of the molecule is CN=C(NCCc1cccc(F)c1)NCc1ccnc(OCC(F)(F)F)c1.I. The molecule has 0 aliphatic heterocycles. The van der Waals surface area contributed by atoms with E-state index >= 15 is 0 Å². The van der Waals surface area contributed by atoms with E-state index in [0.717, 1.165) is 5.56 Å². The molecule has 1 aromatic carbocycles. The van der Waals surface area contributed by atoms with Gasteiger partial charge in [-0.3, -0.25) is 4.99 Å². The van der Waals surface area contributed by atoms with Gasteiger partial charge in [0.05, 0.1) is 0 Å². The van der Waals surface area contributed by atoms with E-state index in [1.165, 1.54) is 24.4 Å². The fourth-order valence-corrected chi connectivity index (χ4v) is 2.22. The predicted octanol–water partition coefficient (Wildman–Crippen LogP) is 3.69. The summed E-state index contributed by atoms with van der Waals surface area (Å²) in [6, 6.07) is 9.43. The number of benzene rings is 1. The number of guanidine groups is 1. The average molecular weight is 512 g/mol. The van der Waals surface area contributed by atoms with Gasteiger partial charge in [0.25, 0.3) is 0 Å². The molecule has 0 aliphatic carbocycles. The van der Waals surface area contributed by atoms with Gasteiger partial charge in [0, 0.05) is 32.4 Å². The topological polar surface area (TPSA) is 58.5 Å². The van der Waals surface area contributed by atoms with Crippen LogP contribution in [0.3, 0.4) is 0 Å². The zero-order valence-corrected chi connectivity index (χ0v) is 17.4. The highest BCUT2D eigenvalue weighted by Crippen LogP contribution is 2.17. The maximum Gasteiger partial charge on any atom is 0.422 e. The zero-order chi connectivity index (χ0) is 19.7. The lowest BCUT2D eigenvalue weighted by molar-refractivity contribution is -0.154. The lowest BCUT2D eigenvalue weighted by atomic mass is 10.1. The Kier molecular flexibility index (Phi) is 9.97. The minimum atomic E-state index is -4.41. The Hall–Kier alpha value is -2.11. The highest BCUT2D eigenvalue weighted by molar-refractivity contribution is 14.0. The summed E-state index contributed by atoms with van der Waals surface area (Å²) in [5.41, 5.74) is 1.55. The van der Waals surface area contributed by atoms with E-state index in [-0.39, 0.29) is 35.7 Å².